The van der Waals surface area contributed by atoms with Crippen LogP contribution in [0, 0.1) is 0 Å². The summed E-state index contributed by atoms with van der Waals surface area (Å²) in [6.07, 6.45) is 3.32. The normalized spacial score (nSPS) is 19.8. The first-order chi connectivity index (χ1) is 15.0. The Morgan fingerprint density at radius 2 is 1.81 bits per heavy atom. The van der Waals surface area contributed by atoms with Gasteiger partial charge in [0, 0.05) is 22.6 Å². The minimum Gasteiger partial charge on any atom is -0.497 e. The van der Waals surface area contributed by atoms with Crippen LogP contribution in [0.1, 0.15) is 43.7 Å². The second-order valence-corrected chi connectivity index (χ2v) is 9.14. The van der Waals surface area contributed by atoms with E-state index in [1.165, 1.54) is 11.8 Å². The van der Waals surface area contributed by atoms with E-state index in [-0.39, 0.29) is 16.8 Å². The van der Waals surface area contributed by atoms with Crippen molar-refractivity contribution in [3.8, 4) is 5.75 Å². The number of carbonyl (C=O) groups excluding carboxylic acids is 2. The predicted molar refractivity (Wildman–Crippen MR) is 127 cm³/mol. The highest BCUT2D eigenvalue weighted by Crippen LogP contribution is 2.49. The summed E-state index contributed by atoms with van der Waals surface area (Å²) in [5, 5.41) is 0.0701. The second-order valence-electron chi connectivity index (χ2n) is 7.90. The minimum absolute atomic E-state index is 0.0685. The first-order valence-electron chi connectivity index (χ1n) is 10.6. The second kappa shape index (κ2) is 9.11. The van der Waals surface area contributed by atoms with E-state index < -0.39 is 0 Å². The van der Waals surface area contributed by atoms with Gasteiger partial charge < -0.3 is 4.74 Å². The van der Waals surface area contributed by atoms with Gasteiger partial charge in [0.25, 0.3) is 0 Å². The Morgan fingerprint density at radius 3 is 2.45 bits per heavy atom. The van der Waals surface area contributed by atoms with E-state index >= 15 is 0 Å². The number of ketones is 1. The molecular formula is C27H26O3S. The zero-order valence-corrected chi connectivity index (χ0v) is 18.9. The smallest absolute Gasteiger partial charge is 0.216 e. The van der Waals surface area contributed by atoms with Crippen LogP contribution in [0.2, 0.25) is 0 Å². The van der Waals surface area contributed by atoms with E-state index in [2.05, 4.69) is 0 Å². The molecule has 0 saturated carbocycles. The van der Waals surface area contributed by atoms with Crippen molar-refractivity contribution >= 4 is 28.7 Å². The largest absolute Gasteiger partial charge is 0.497 e. The molecule has 0 N–H and O–H groups in total. The fourth-order valence-electron chi connectivity index (χ4n) is 4.54. The summed E-state index contributed by atoms with van der Waals surface area (Å²) in [6.45, 7) is 4.02. The fourth-order valence-corrected chi connectivity index (χ4v) is 5.25. The third kappa shape index (κ3) is 4.17. The Morgan fingerprint density at radius 1 is 1.10 bits per heavy atom. The fraction of sp³-hybridized carbons (Fsp3) is 0.259. The van der Waals surface area contributed by atoms with Crippen LogP contribution in [-0.4, -0.2) is 23.8 Å². The summed E-state index contributed by atoms with van der Waals surface area (Å²) in [6, 6.07) is 17.7. The molecule has 0 amide bonds. The van der Waals surface area contributed by atoms with Crippen molar-refractivity contribution in [2.75, 3.05) is 12.9 Å². The molecule has 0 radical (unpaired) electrons. The summed E-state index contributed by atoms with van der Waals surface area (Å²) in [7, 11) is 1.63. The Kier molecular flexibility index (Phi) is 6.28. The summed E-state index contributed by atoms with van der Waals surface area (Å²) >= 11 is 1.32. The van der Waals surface area contributed by atoms with E-state index in [0.29, 0.717) is 18.6 Å². The highest BCUT2D eigenvalue weighted by Gasteiger charge is 2.41. The van der Waals surface area contributed by atoms with Crippen molar-refractivity contribution in [2.45, 2.75) is 32.6 Å². The number of thioether (sulfide) groups is 1. The quantitative estimate of drug-likeness (QED) is 0.535. The first kappa shape index (κ1) is 21.4. The molecule has 2 aromatic carbocycles. The number of hydrogen-bond acceptors (Lipinski definition) is 4. The van der Waals surface area contributed by atoms with Crippen molar-refractivity contribution < 1.29 is 14.3 Å². The zero-order chi connectivity index (χ0) is 22.0. The lowest BCUT2D eigenvalue weighted by Gasteiger charge is -2.28. The highest BCUT2D eigenvalue weighted by molar-refractivity contribution is 8.14. The molecule has 0 spiro atoms. The standard InChI is InChI=1S/C27H26O3S/c1-4-31-27(29)23-17(2)14-20-16-21(15-18-8-6-5-7-9-18)26(28)25(20)24(23)19-10-12-22(30-3)13-11-19/h5-13,15,24H,4,14,16H2,1-3H3. The number of rotatable bonds is 5. The van der Waals surface area contributed by atoms with E-state index in [0.717, 1.165) is 44.7 Å². The molecule has 2 aliphatic carbocycles. The average Bonchev–Trinajstić information content (AvgIpc) is 3.08. The Balaban J connectivity index is 1.79. The van der Waals surface area contributed by atoms with Crippen LogP contribution in [0.25, 0.3) is 6.08 Å². The number of hydrogen-bond donors (Lipinski definition) is 0. The molecular weight excluding hydrogens is 404 g/mol. The van der Waals surface area contributed by atoms with Gasteiger partial charge in [-0.05, 0) is 54.9 Å². The van der Waals surface area contributed by atoms with Crippen LogP contribution in [0.5, 0.6) is 5.75 Å². The predicted octanol–water partition coefficient (Wildman–Crippen LogP) is 6.13. The molecule has 1 unspecified atom stereocenters. The molecule has 0 aromatic heterocycles. The number of allylic oxidation sites excluding steroid dienone is 4. The average molecular weight is 431 g/mol. The van der Waals surface area contributed by atoms with Crippen LogP contribution in [0.15, 0.2) is 82.5 Å². The molecule has 31 heavy (non-hydrogen) atoms. The van der Waals surface area contributed by atoms with Crippen LogP contribution >= 0.6 is 11.8 Å². The van der Waals surface area contributed by atoms with Gasteiger partial charge in [0.05, 0.1) is 7.11 Å². The first-order valence-corrected chi connectivity index (χ1v) is 11.5. The number of Topliss-reactive ketones (excluding diaryl/α,β-unsaturated/α-hetero) is 1. The Labute approximate surface area is 187 Å². The van der Waals surface area contributed by atoms with E-state index in [1.54, 1.807) is 7.11 Å². The lowest BCUT2D eigenvalue weighted by Crippen LogP contribution is -2.21. The molecule has 0 bridgehead atoms. The van der Waals surface area contributed by atoms with Gasteiger partial charge in [0.2, 0.25) is 5.12 Å². The molecule has 0 aliphatic heterocycles. The van der Waals surface area contributed by atoms with Crippen molar-refractivity contribution in [1.29, 1.82) is 0 Å². The van der Waals surface area contributed by atoms with Crippen molar-refractivity contribution in [3.05, 3.63) is 93.6 Å². The third-order valence-corrected chi connectivity index (χ3v) is 6.69. The van der Waals surface area contributed by atoms with Gasteiger partial charge >= 0.3 is 0 Å². The molecule has 1 atom stereocenters. The third-order valence-electron chi connectivity index (χ3n) is 5.92. The molecule has 4 rings (SSSR count). The van der Waals surface area contributed by atoms with Crippen molar-refractivity contribution in [1.82, 2.24) is 0 Å². The molecule has 4 heteroatoms. The number of ether oxygens (including phenoxy) is 1. The van der Waals surface area contributed by atoms with Crippen molar-refractivity contribution in [3.63, 3.8) is 0 Å². The topological polar surface area (TPSA) is 43.4 Å². The van der Waals surface area contributed by atoms with Gasteiger partial charge in [-0.1, -0.05) is 72.3 Å². The lowest BCUT2D eigenvalue weighted by molar-refractivity contribution is -0.112. The van der Waals surface area contributed by atoms with E-state index in [4.69, 9.17) is 4.74 Å². The summed E-state index contributed by atoms with van der Waals surface area (Å²) in [4.78, 5) is 26.7. The maximum atomic E-state index is 13.6. The zero-order valence-electron chi connectivity index (χ0n) is 18.1. The van der Waals surface area contributed by atoms with E-state index in [9.17, 15) is 9.59 Å². The summed E-state index contributed by atoms with van der Waals surface area (Å²) in [5.74, 6) is 1.21. The lowest BCUT2D eigenvalue weighted by atomic mass is 9.76. The molecule has 2 aliphatic rings. The van der Waals surface area contributed by atoms with Gasteiger partial charge in [0.1, 0.15) is 5.75 Å². The van der Waals surface area contributed by atoms with Gasteiger partial charge in [-0.2, -0.15) is 0 Å². The van der Waals surface area contributed by atoms with Crippen LogP contribution in [-0.2, 0) is 9.59 Å². The van der Waals surface area contributed by atoms with Crippen LogP contribution < -0.4 is 4.74 Å². The maximum Gasteiger partial charge on any atom is 0.216 e. The highest BCUT2D eigenvalue weighted by atomic mass is 32.2. The van der Waals surface area contributed by atoms with Gasteiger partial charge in [-0.15, -0.1) is 0 Å². The molecule has 0 saturated heterocycles. The molecule has 158 valence electrons. The minimum atomic E-state index is -0.324. The molecule has 3 nitrogen and oxygen atoms in total. The van der Waals surface area contributed by atoms with E-state index in [1.807, 2.05) is 74.5 Å². The monoisotopic (exact) mass is 430 g/mol. The maximum absolute atomic E-state index is 13.6. The van der Waals surface area contributed by atoms with Gasteiger partial charge in [0.15, 0.2) is 5.78 Å². The summed E-state index contributed by atoms with van der Waals surface area (Å²) in [5.41, 5.74) is 6.56. The number of methoxy groups -OCH3 is 1. The van der Waals surface area contributed by atoms with Crippen LogP contribution in [0.4, 0.5) is 0 Å². The number of benzene rings is 2. The van der Waals surface area contributed by atoms with Gasteiger partial charge in [-0.3, -0.25) is 9.59 Å². The molecule has 2 aromatic rings. The van der Waals surface area contributed by atoms with Crippen LogP contribution in [0.3, 0.4) is 0 Å². The number of carbonyl (C=O) groups is 2. The Bertz CT molecular complexity index is 1100. The Hall–Kier alpha value is -2.85. The van der Waals surface area contributed by atoms with Gasteiger partial charge in [-0.25, -0.2) is 0 Å². The summed E-state index contributed by atoms with van der Waals surface area (Å²) < 4.78 is 5.31. The molecule has 0 heterocycles. The van der Waals surface area contributed by atoms with Crippen molar-refractivity contribution in [2.24, 2.45) is 0 Å². The SMILES string of the molecule is CCSC(=O)C1=C(C)CC2=C(C(=O)C(=Cc3ccccc3)C2)C1c1ccc(OC)cc1. The molecule has 0 fully saturated rings.